The van der Waals surface area contributed by atoms with E-state index in [2.05, 4.69) is 0 Å². The number of nitrogens with one attached hydrogen (secondary N) is 1. The Morgan fingerprint density at radius 1 is 1.65 bits per heavy atom. The van der Waals surface area contributed by atoms with Gasteiger partial charge in [-0.1, -0.05) is 0 Å². The lowest BCUT2D eigenvalue weighted by atomic mass is 10.1. The highest BCUT2D eigenvalue weighted by Gasteiger charge is 2.21. The number of urea groups is 1. The van der Waals surface area contributed by atoms with E-state index in [4.69, 9.17) is 22.1 Å². The monoisotopic (exact) mass is 239 g/mol. The van der Waals surface area contributed by atoms with E-state index in [1.807, 2.05) is 0 Å². The van der Waals surface area contributed by atoms with Crippen molar-refractivity contribution < 1.29 is 14.3 Å². The van der Waals surface area contributed by atoms with Crippen molar-refractivity contribution in [2.24, 2.45) is 11.7 Å². The Hall–Kier alpha value is -2.21. The predicted octanol–water partition coefficient (Wildman–Crippen LogP) is -0.547. The van der Waals surface area contributed by atoms with E-state index in [1.54, 1.807) is 11.5 Å². The first kappa shape index (κ1) is 12.9. The zero-order chi connectivity index (χ0) is 13.0. The summed E-state index contributed by atoms with van der Waals surface area (Å²) in [5, 5.41) is 18.3. The van der Waals surface area contributed by atoms with Crippen LogP contribution in [0.4, 0.5) is 14.9 Å². The van der Waals surface area contributed by atoms with Gasteiger partial charge < -0.3 is 5.11 Å². The van der Waals surface area contributed by atoms with Crippen molar-refractivity contribution in [3.05, 3.63) is 29.1 Å². The molecule has 17 heavy (non-hydrogen) atoms. The van der Waals surface area contributed by atoms with Crippen molar-refractivity contribution in [1.29, 1.82) is 5.26 Å². The summed E-state index contributed by atoms with van der Waals surface area (Å²) < 4.78 is 13.5. The van der Waals surface area contributed by atoms with Gasteiger partial charge in [0.15, 0.2) is 0 Å². The Morgan fingerprint density at radius 2 is 2.29 bits per heavy atom. The van der Waals surface area contributed by atoms with Gasteiger partial charge in [0.2, 0.25) is 0 Å². The molecule has 0 saturated carbocycles. The summed E-state index contributed by atoms with van der Waals surface area (Å²) in [6.07, 6.45) is 0. The second kappa shape index (κ2) is 5.22. The summed E-state index contributed by atoms with van der Waals surface area (Å²) in [4.78, 5) is 11.2. The highest BCUT2D eigenvalue weighted by molar-refractivity contribution is 5.91. The molecule has 0 atom stereocenters. The van der Waals surface area contributed by atoms with Crippen LogP contribution in [-0.4, -0.2) is 11.1 Å². The summed E-state index contributed by atoms with van der Waals surface area (Å²) in [5.41, 5.74) is 1.25. The third kappa shape index (κ3) is 2.31. The molecule has 1 rings (SSSR count). The number of carbonyl (C=O) groups excluding carboxylic acids is 1. The van der Waals surface area contributed by atoms with Crippen molar-refractivity contribution in [1.82, 2.24) is 5.43 Å². The highest BCUT2D eigenvalue weighted by Crippen LogP contribution is 2.25. The number of amides is 2. The fraction of sp³-hybridized carbons (Fsp3) is 0.111. The second-order valence-corrected chi connectivity index (χ2v) is 3.01. The van der Waals surface area contributed by atoms with Crippen LogP contribution in [0.15, 0.2) is 12.1 Å². The van der Waals surface area contributed by atoms with E-state index in [-0.39, 0.29) is 11.1 Å². The largest absolute Gasteiger partial charge is 0.392 e. The Kier molecular flexibility index (Phi) is 3.95. The van der Waals surface area contributed by atoms with Gasteiger partial charge >= 0.3 is 6.03 Å². The number of benzene rings is 1. The molecule has 1 aromatic rings. The van der Waals surface area contributed by atoms with Gasteiger partial charge in [0.1, 0.15) is 11.5 Å². The molecule has 0 aliphatic rings. The first-order valence-corrected chi connectivity index (χ1v) is 4.44. The van der Waals surface area contributed by atoms with Gasteiger partial charge in [-0.3, -0.25) is 5.43 Å². The molecule has 2 amide bonds. The number of hydrogen-bond donors (Lipinski definition) is 4. The SMILES string of the molecule is N#Cc1ccc(F)c(N(N)C(=O)NN)c1CO. The number of nitrogens with zero attached hydrogens (tertiary/aromatic N) is 2. The van der Waals surface area contributed by atoms with Crippen LogP contribution in [0.5, 0.6) is 0 Å². The first-order chi connectivity index (χ1) is 8.06. The molecular formula is C9H10FN5O2. The zero-order valence-corrected chi connectivity index (χ0v) is 8.64. The molecule has 0 aliphatic carbocycles. The Labute approximate surface area is 96.0 Å². The lowest BCUT2D eigenvalue weighted by molar-refractivity contribution is 0.246. The number of nitrogens with two attached hydrogens (primary N) is 2. The quantitative estimate of drug-likeness (QED) is 0.313. The zero-order valence-electron chi connectivity index (χ0n) is 8.64. The van der Waals surface area contributed by atoms with Gasteiger partial charge in [-0.2, -0.15) is 5.26 Å². The van der Waals surface area contributed by atoms with Crippen LogP contribution in [0.3, 0.4) is 0 Å². The third-order valence-corrected chi connectivity index (χ3v) is 2.10. The number of hydrazine groups is 2. The molecule has 0 fully saturated rings. The van der Waals surface area contributed by atoms with Gasteiger partial charge in [0.05, 0.1) is 18.2 Å². The molecule has 7 nitrogen and oxygen atoms in total. The number of anilines is 1. The molecule has 90 valence electrons. The molecule has 0 aromatic heterocycles. The molecular weight excluding hydrogens is 229 g/mol. The van der Waals surface area contributed by atoms with Gasteiger partial charge in [-0.05, 0) is 12.1 Å². The van der Waals surface area contributed by atoms with Crippen LogP contribution in [0, 0.1) is 17.1 Å². The summed E-state index contributed by atoms with van der Waals surface area (Å²) in [5.74, 6) is 9.33. The van der Waals surface area contributed by atoms with Crippen molar-refractivity contribution in [2.75, 3.05) is 5.01 Å². The van der Waals surface area contributed by atoms with Gasteiger partial charge in [-0.25, -0.2) is 25.9 Å². The predicted molar refractivity (Wildman–Crippen MR) is 56.4 cm³/mol. The average Bonchev–Trinajstić information content (AvgIpc) is 2.36. The number of aliphatic hydroxyl groups is 1. The standard InChI is InChI=1S/C9H10FN5O2/c10-7-2-1-5(3-11)6(4-16)8(7)15(13)9(17)14-12/h1-2,16H,4,12-13H2,(H,14,17). The Morgan fingerprint density at radius 3 is 2.76 bits per heavy atom. The van der Waals surface area contributed by atoms with Crippen LogP contribution in [0.1, 0.15) is 11.1 Å². The topological polar surface area (TPSA) is 128 Å². The van der Waals surface area contributed by atoms with E-state index in [1.165, 1.54) is 6.07 Å². The van der Waals surface area contributed by atoms with E-state index in [9.17, 15) is 9.18 Å². The summed E-state index contributed by atoms with van der Waals surface area (Å²) in [6, 6.07) is 2.92. The number of halogens is 1. The van der Waals surface area contributed by atoms with Crippen molar-refractivity contribution in [3.8, 4) is 6.07 Å². The minimum absolute atomic E-state index is 0.0178. The second-order valence-electron chi connectivity index (χ2n) is 3.01. The van der Waals surface area contributed by atoms with E-state index >= 15 is 0 Å². The lowest BCUT2D eigenvalue weighted by Gasteiger charge is -2.19. The molecule has 0 unspecified atom stereocenters. The number of aliphatic hydroxyl groups excluding tert-OH is 1. The van der Waals surface area contributed by atoms with Crippen LogP contribution in [0.2, 0.25) is 0 Å². The normalized spacial score (nSPS) is 9.59. The highest BCUT2D eigenvalue weighted by atomic mass is 19.1. The number of hydrogen-bond acceptors (Lipinski definition) is 5. The average molecular weight is 239 g/mol. The smallest absolute Gasteiger partial charge is 0.350 e. The fourth-order valence-corrected chi connectivity index (χ4v) is 1.30. The minimum atomic E-state index is -0.978. The number of nitriles is 1. The molecule has 0 radical (unpaired) electrons. The Bertz CT molecular complexity index is 485. The lowest BCUT2D eigenvalue weighted by Crippen LogP contribution is -2.48. The van der Waals surface area contributed by atoms with Crippen molar-refractivity contribution >= 4 is 11.7 Å². The molecule has 6 N–H and O–H groups in total. The third-order valence-electron chi connectivity index (χ3n) is 2.10. The van der Waals surface area contributed by atoms with Gasteiger partial charge in [-0.15, -0.1) is 0 Å². The van der Waals surface area contributed by atoms with Crippen molar-refractivity contribution in [3.63, 3.8) is 0 Å². The van der Waals surface area contributed by atoms with Crippen LogP contribution < -0.4 is 22.1 Å². The molecule has 1 aromatic carbocycles. The number of carbonyl (C=O) groups is 1. The summed E-state index contributed by atoms with van der Waals surface area (Å²) in [6.45, 7) is -0.637. The molecule has 0 heterocycles. The fourth-order valence-electron chi connectivity index (χ4n) is 1.30. The van der Waals surface area contributed by atoms with E-state index in [0.29, 0.717) is 5.01 Å². The van der Waals surface area contributed by atoms with Crippen LogP contribution >= 0.6 is 0 Å². The van der Waals surface area contributed by atoms with E-state index in [0.717, 1.165) is 6.07 Å². The maximum absolute atomic E-state index is 13.5. The summed E-state index contributed by atoms with van der Waals surface area (Å²) >= 11 is 0. The van der Waals surface area contributed by atoms with Gasteiger partial charge in [0.25, 0.3) is 0 Å². The van der Waals surface area contributed by atoms with Gasteiger partial charge in [0, 0.05) is 5.56 Å². The minimum Gasteiger partial charge on any atom is -0.392 e. The Balaban J connectivity index is 3.40. The maximum atomic E-state index is 13.5. The van der Waals surface area contributed by atoms with Crippen LogP contribution in [0.25, 0.3) is 0 Å². The number of rotatable bonds is 2. The maximum Gasteiger partial charge on any atom is 0.350 e. The van der Waals surface area contributed by atoms with Crippen LogP contribution in [-0.2, 0) is 6.61 Å². The molecule has 0 aliphatic heterocycles. The van der Waals surface area contributed by atoms with Crippen molar-refractivity contribution in [2.45, 2.75) is 6.61 Å². The molecule has 0 saturated heterocycles. The van der Waals surface area contributed by atoms with E-state index < -0.39 is 24.1 Å². The molecule has 0 bridgehead atoms. The molecule has 0 spiro atoms. The first-order valence-electron chi connectivity index (χ1n) is 4.44. The summed E-state index contributed by atoms with van der Waals surface area (Å²) in [7, 11) is 0. The molecule has 8 heteroatoms.